The third-order valence-electron chi connectivity index (χ3n) is 4.17. The van der Waals surface area contributed by atoms with Gasteiger partial charge in [-0.1, -0.05) is 0 Å². The van der Waals surface area contributed by atoms with Gasteiger partial charge in [0.25, 0.3) is 5.91 Å². The van der Waals surface area contributed by atoms with Gasteiger partial charge in [-0.25, -0.2) is 0 Å². The van der Waals surface area contributed by atoms with E-state index in [1.807, 2.05) is 0 Å². The highest BCUT2D eigenvalue weighted by Crippen LogP contribution is 2.32. The topological polar surface area (TPSA) is 85.3 Å². The number of benzene rings is 1. The van der Waals surface area contributed by atoms with Crippen molar-refractivity contribution < 1.29 is 28.9 Å². The Labute approximate surface area is 133 Å². The maximum absolute atomic E-state index is 12.8. The van der Waals surface area contributed by atoms with Gasteiger partial charge in [-0.2, -0.15) is 0 Å². The van der Waals surface area contributed by atoms with Gasteiger partial charge in [0.1, 0.15) is 13.2 Å². The quantitative estimate of drug-likeness (QED) is 0.896. The van der Waals surface area contributed by atoms with Gasteiger partial charge in [-0.05, 0) is 24.6 Å². The van der Waals surface area contributed by atoms with E-state index < -0.39 is 5.97 Å². The molecule has 0 radical (unpaired) electrons. The molecule has 2 aliphatic rings. The third-order valence-corrected chi connectivity index (χ3v) is 4.17. The molecule has 1 amide bonds. The van der Waals surface area contributed by atoms with Gasteiger partial charge in [0.2, 0.25) is 0 Å². The zero-order chi connectivity index (χ0) is 16.4. The largest absolute Gasteiger partial charge is 0.486 e. The van der Waals surface area contributed by atoms with E-state index in [9.17, 15) is 9.59 Å². The van der Waals surface area contributed by atoms with Crippen molar-refractivity contribution >= 4 is 11.9 Å². The third kappa shape index (κ3) is 3.24. The van der Waals surface area contributed by atoms with Crippen molar-refractivity contribution in [3.05, 3.63) is 23.8 Å². The highest BCUT2D eigenvalue weighted by Gasteiger charge is 2.37. The number of amides is 1. The molecule has 2 aliphatic heterocycles. The Kier molecular flexibility index (Phi) is 4.38. The van der Waals surface area contributed by atoms with E-state index in [-0.39, 0.29) is 24.5 Å². The molecule has 1 N–H and O–H groups in total. The normalized spacial score (nSPS) is 22.9. The molecule has 1 fully saturated rings. The number of ether oxygens (including phenoxy) is 3. The Morgan fingerprint density at radius 1 is 1.30 bits per heavy atom. The van der Waals surface area contributed by atoms with Gasteiger partial charge in [-0.15, -0.1) is 0 Å². The molecule has 7 nitrogen and oxygen atoms in total. The number of hydrogen-bond donors (Lipinski definition) is 1. The second-order valence-electron chi connectivity index (χ2n) is 5.66. The summed E-state index contributed by atoms with van der Waals surface area (Å²) in [6.45, 7) is 1.33. The van der Waals surface area contributed by atoms with Crippen molar-refractivity contribution in [2.24, 2.45) is 0 Å². The fourth-order valence-corrected chi connectivity index (χ4v) is 3.03. The van der Waals surface area contributed by atoms with Crippen LogP contribution in [0.3, 0.4) is 0 Å². The number of likely N-dealkylation sites (tertiary alicyclic amines) is 1. The number of hydrogen-bond acceptors (Lipinski definition) is 5. The number of methoxy groups -OCH3 is 1. The van der Waals surface area contributed by atoms with E-state index in [1.54, 1.807) is 30.2 Å². The Balaban J connectivity index is 1.81. The monoisotopic (exact) mass is 321 g/mol. The number of nitrogens with zero attached hydrogens (tertiary/aromatic N) is 1. The van der Waals surface area contributed by atoms with Crippen molar-refractivity contribution in [2.45, 2.75) is 25.0 Å². The average Bonchev–Trinajstić information content (AvgIpc) is 2.96. The Morgan fingerprint density at radius 2 is 2.04 bits per heavy atom. The lowest BCUT2D eigenvalue weighted by atomic mass is 10.1. The molecule has 1 aromatic rings. The van der Waals surface area contributed by atoms with Crippen LogP contribution in [0.2, 0.25) is 0 Å². The van der Waals surface area contributed by atoms with Crippen molar-refractivity contribution in [3.8, 4) is 11.5 Å². The van der Waals surface area contributed by atoms with Crippen molar-refractivity contribution in [1.82, 2.24) is 4.90 Å². The van der Waals surface area contributed by atoms with E-state index >= 15 is 0 Å². The van der Waals surface area contributed by atoms with E-state index in [0.717, 1.165) is 0 Å². The molecule has 1 saturated heterocycles. The van der Waals surface area contributed by atoms with Gasteiger partial charge >= 0.3 is 5.97 Å². The molecule has 0 spiro atoms. The van der Waals surface area contributed by atoms with E-state index in [0.29, 0.717) is 43.2 Å². The van der Waals surface area contributed by atoms with Crippen LogP contribution in [0.15, 0.2) is 18.2 Å². The minimum absolute atomic E-state index is 0.0872. The SMILES string of the molecule is COC1CC(CC(=O)O)N(C(=O)c2ccc3c(c2)OCCO3)C1. The maximum atomic E-state index is 12.8. The number of carboxylic acids is 1. The number of carboxylic acid groups (broad SMARTS) is 1. The van der Waals surface area contributed by atoms with Crippen LogP contribution in [-0.4, -0.2) is 60.9 Å². The summed E-state index contributed by atoms with van der Waals surface area (Å²) < 4.78 is 16.2. The van der Waals surface area contributed by atoms with Crippen LogP contribution in [0.1, 0.15) is 23.2 Å². The zero-order valence-electron chi connectivity index (χ0n) is 12.9. The van der Waals surface area contributed by atoms with Crippen LogP contribution in [-0.2, 0) is 9.53 Å². The molecule has 0 saturated carbocycles. The zero-order valence-corrected chi connectivity index (χ0v) is 12.9. The fourth-order valence-electron chi connectivity index (χ4n) is 3.03. The molecule has 2 heterocycles. The molecular weight excluding hydrogens is 302 g/mol. The number of carbonyl (C=O) groups is 2. The molecule has 0 aliphatic carbocycles. The number of fused-ring (bicyclic) bond motifs is 1. The molecular formula is C16H19NO6. The molecule has 23 heavy (non-hydrogen) atoms. The minimum atomic E-state index is -0.924. The van der Waals surface area contributed by atoms with Gasteiger partial charge in [-0.3, -0.25) is 9.59 Å². The lowest BCUT2D eigenvalue weighted by Gasteiger charge is -2.24. The van der Waals surface area contributed by atoms with Gasteiger partial charge < -0.3 is 24.2 Å². The molecule has 2 atom stereocenters. The van der Waals surface area contributed by atoms with Gasteiger partial charge in [0.15, 0.2) is 11.5 Å². The summed E-state index contributed by atoms with van der Waals surface area (Å²) in [5.41, 5.74) is 0.460. The van der Waals surface area contributed by atoms with E-state index in [1.165, 1.54) is 0 Å². The number of aliphatic carboxylic acids is 1. The lowest BCUT2D eigenvalue weighted by molar-refractivity contribution is -0.137. The smallest absolute Gasteiger partial charge is 0.305 e. The fraction of sp³-hybridized carbons (Fsp3) is 0.500. The summed E-state index contributed by atoms with van der Waals surface area (Å²) in [6.07, 6.45) is 0.301. The van der Waals surface area contributed by atoms with Crippen molar-refractivity contribution in [1.29, 1.82) is 0 Å². The molecule has 3 rings (SSSR count). The molecule has 0 bridgehead atoms. The summed E-state index contributed by atoms with van der Waals surface area (Å²) in [5.74, 6) is 0.0185. The first kappa shape index (κ1) is 15.6. The summed E-state index contributed by atoms with van der Waals surface area (Å²) in [5, 5.41) is 9.05. The minimum Gasteiger partial charge on any atom is -0.486 e. The number of carbonyl (C=O) groups excluding carboxylic acids is 1. The lowest BCUT2D eigenvalue weighted by Crippen LogP contribution is -2.37. The van der Waals surface area contributed by atoms with Crippen LogP contribution in [0.4, 0.5) is 0 Å². The summed E-state index contributed by atoms with van der Waals surface area (Å²) in [7, 11) is 1.57. The molecule has 7 heteroatoms. The Morgan fingerprint density at radius 3 is 2.74 bits per heavy atom. The van der Waals surface area contributed by atoms with E-state index in [4.69, 9.17) is 19.3 Å². The summed E-state index contributed by atoms with van der Waals surface area (Å²) in [4.78, 5) is 25.4. The first-order valence-corrected chi connectivity index (χ1v) is 7.53. The Bertz CT molecular complexity index is 617. The van der Waals surface area contributed by atoms with Crippen LogP contribution in [0, 0.1) is 0 Å². The van der Waals surface area contributed by atoms with Crippen molar-refractivity contribution in [3.63, 3.8) is 0 Å². The molecule has 2 unspecified atom stereocenters. The van der Waals surface area contributed by atoms with Gasteiger partial charge in [0, 0.05) is 25.3 Å². The van der Waals surface area contributed by atoms with Crippen LogP contribution < -0.4 is 9.47 Å². The first-order valence-electron chi connectivity index (χ1n) is 7.53. The molecule has 124 valence electrons. The predicted octanol–water partition coefficient (Wildman–Crippen LogP) is 1.16. The summed E-state index contributed by atoms with van der Waals surface area (Å²) >= 11 is 0. The van der Waals surface area contributed by atoms with Crippen LogP contribution in [0.5, 0.6) is 11.5 Å². The second-order valence-corrected chi connectivity index (χ2v) is 5.66. The van der Waals surface area contributed by atoms with Crippen LogP contribution in [0.25, 0.3) is 0 Å². The second kappa shape index (κ2) is 6.45. The maximum Gasteiger partial charge on any atom is 0.305 e. The van der Waals surface area contributed by atoms with Crippen molar-refractivity contribution in [2.75, 3.05) is 26.9 Å². The highest BCUT2D eigenvalue weighted by molar-refractivity contribution is 5.95. The standard InChI is InChI=1S/C16H19NO6/c1-21-12-7-11(8-15(18)19)17(9-12)16(20)10-2-3-13-14(6-10)23-5-4-22-13/h2-3,6,11-12H,4-5,7-9H2,1H3,(H,18,19). The predicted molar refractivity (Wildman–Crippen MR) is 79.9 cm³/mol. The molecule has 0 aromatic heterocycles. The van der Waals surface area contributed by atoms with Crippen LogP contribution >= 0.6 is 0 Å². The molecule has 1 aromatic carbocycles. The highest BCUT2D eigenvalue weighted by atomic mass is 16.6. The van der Waals surface area contributed by atoms with Gasteiger partial charge in [0.05, 0.1) is 12.5 Å². The number of rotatable bonds is 4. The Hall–Kier alpha value is -2.28. The average molecular weight is 321 g/mol. The van der Waals surface area contributed by atoms with E-state index in [2.05, 4.69) is 0 Å². The first-order chi connectivity index (χ1) is 11.1. The summed E-state index contributed by atoms with van der Waals surface area (Å²) in [6, 6.07) is 4.67.